The van der Waals surface area contributed by atoms with Gasteiger partial charge >= 0.3 is 5.97 Å². The highest BCUT2D eigenvalue weighted by molar-refractivity contribution is 5.94. The van der Waals surface area contributed by atoms with Crippen LogP contribution in [0.2, 0.25) is 0 Å². The van der Waals surface area contributed by atoms with Crippen LogP contribution in [-0.2, 0) is 9.53 Å². The van der Waals surface area contributed by atoms with E-state index in [1.165, 1.54) is 0 Å². The molecule has 1 aromatic rings. The van der Waals surface area contributed by atoms with Gasteiger partial charge in [0.25, 0.3) is 5.91 Å². The van der Waals surface area contributed by atoms with Crippen LogP contribution in [0.5, 0.6) is 0 Å². The van der Waals surface area contributed by atoms with Crippen molar-refractivity contribution >= 4 is 11.9 Å². The monoisotopic (exact) mass is 261 g/mol. The minimum absolute atomic E-state index is 0.190. The lowest BCUT2D eigenvalue weighted by molar-refractivity contribution is -0.173. The average molecular weight is 261 g/mol. The maximum atomic E-state index is 12.1. The molecule has 0 unspecified atom stereocenters. The van der Waals surface area contributed by atoms with E-state index in [-0.39, 0.29) is 11.9 Å². The Morgan fingerprint density at radius 2 is 1.95 bits per heavy atom. The molecular formula is C15H19NO3. The molecule has 0 aromatic heterocycles. The van der Waals surface area contributed by atoms with Crippen LogP contribution in [0, 0.1) is 0 Å². The van der Waals surface area contributed by atoms with Crippen LogP contribution in [0.25, 0.3) is 0 Å². The van der Waals surface area contributed by atoms with Gasteiger partial charge in [-0.15, -0.1) is 0 Å². The molecule has 0 spiro atoms. The van der Waals surface area contributed by atoms with Crippen molar-refractivity contribution < 1.29 is 14.3 Å². The number of hydrogen-bond donors (Lipinski definition) is 1. The summed E-state index contributed by atoms with van der Waals surface area (Å²) in [7, 11) is 0. The molecule has 4 heteroatoms. The molecule has 0 radical (unpaired) electrons. The largest absolute Gasteiger partial charge is 0.439 e. The van der Waals surface area contributed by atoms with Crippen LogP contribution in [0.1, 0.15) is 49.4 Å². The quantitative estimate of drug-likeness (QED) is 0.655. The van der Waals surface area contributed by atoms with Gasteiger partial charge in [0.15, 0.2) is 5.72 Å². The summed E-state index contributed by atoms with van der Waals surface area (Å²) in [5.41, 5.74) is -0.195. The fourth-order valence-electron chi connectivity index (χ4n) is 2.09. The molecular weight excluding hydrogens is 242 g/mol. The summed E-state index contributed by atoms with van der Waals surface area (Å²) in [5.74, 6) is -0.430. The van der Waals surface area contributed by atoms with Crippen molar-refractivity contribution in [3.8, 4) is 0 Å². The van der Waals surface area contributed by atoms with Gasteiger partial charge in [-0.3, -0.25) is 9.59 Å². The SMILES string of the molecule is CCCC(=O)OC1(NC(=O)c2ccccc2)CCC1. The first-order chi connectivity index (χ1) is 9.15. The molecule has 0 bridgehead atoms. The Bertz CT molecular complexity index is 452. The Balaban J connectivity index is 1.99. The zero-order valence-electron chi connectivity index (χ0n) is 11.1. The Morgan fingerprint density at radius 1 is 1.26 bits per heavy atom. The third-order valence-electron chi connectivity index (χ3n) is 3.30. The third-order valence-corrected chi connectivity index (χ3v) is 3.30. The first-order valence-corrected chi connectivity index (χ1v) is 6.74. The molecule has 0 saturated heterocycles. The zero-order valence-corrected chi connectivity index (χ0v) is 11.1. The number of carbonyl (C=O) groups excluding carboxylic acids is 2. The van der Waals surface area contributed by atoms with E-state index in [0.29, 0.717) is 24.8 Å². The van der Waals surface area contributed by atoms with Crippen LogP contribution >= 0.6 is 0 Å². The van der Waals surface area contributed by atoms with E-state index < -0.39 is 5.72 Å². The summed E-state index contributed by atoms with van der Waals surface area (Å²) < 4.78 is 5.44. The summed E-state index contributed by atoms with van der Waals surface area (Å²) in [6, 6.07) is 8.97. The van der Waals surface area contributed by atoms with E-state index in [1.807, 2.05) is 25.1 Å². The topological polar surface area (TPSA) is 55.4 Å². The number of amides is 1. The minimum atomic E-state index is -0.779. The Morgan fingerprint density at radius 3 is 2.47 bits per heavy atom. The van der Waals surface area contributed by atoms with E-state index in [1.54, 1.807) is 12.1 Å². The van der Waals surface area contributed by atoms with Gasteiger partial charge in [-0.2, -0.15) is 0 Å². The zero-order chi connectivity index (χ0) is 13.7. The number of benzene rings is 1. The number of hydrogen-bond acceptors (Lipinski definition) is 3. The van der Waals surface area contributed by atoms with Crippen LogP contribution in [0.3, 0.4) is 0 Å². The molecule has 0 aliphatic heterocycles. The van der Waals surface area contributed by atoms with Gasteiger partial charge in [-0.1, -0.05) is 25.1 Å². The molecule has 1 saturated carbocycles. The highest BCUT2D eigenvalue weighted by Crippen LogP contribution is 2.33. The fourth-order valence-corrected chi connectivity index (χ4v) is 2.09. The number of esters is 1. The summed E-state index contributed by atoms with van der Waals surface area (Å²) in [6.07, 6.45) is 3.50. The summed E-state index contributed by atoms with van der Waals surface area (Å²) >= 11 is 0. The third kappa shape index (κ3) is 3.34. The molecule has 19 heavy (non-hydrogen) atoms. The van der Waals surface area contributed by atoms with Crippen LogP contribution in [0.15, 0.2) is 30.3 Å². The predicted octanol–water partition coefficient (Wildman–Crippen LogP) is 2.64. The second-order valence-corrected chi connectivity index (χ2v) is 4.89. The highest BCUT2D eigenvalue weighted by Gasteiger charge is 2.42. The molecule has 1 aromatic carbocycles. The van der Waals surface area contributed by atoms with Gasteiger partial charge in [0.1, 0.15) is 0 Å². The van der Waals surface area contributed by atoms with Crippen LogP contribution < -0.4 is 5.32 Å². The Hall–Kier alpha value is -1.84. The molecule has 2 rings (SSSR count). The first kappa shape index (κ1) is 13.6. The van der Waals surface area contributed by atoms with Crippen molar-refractivity contribution in [2.75, 3.05) is 0 Å². The maximum Gasteiger partial charge on any atom is 0.307 e. The normalized spacial score (nSPS) is 16.3. The van der Waals surface area contributed by atoms with Crippen molar-refractivity contribution in [1.82, 2.24) is 5.32 Å². The van der Waals surface area contributed by atoms with Crippen LogP contribution in [0.4, 0.5) is 0 Å². The van der Waals surface area contributed by atoms with Crippen molar-refractivity contribution in [2.45, 2.75) is 44.8 Å². The van der Waals surface area contributed by atoms with Crippen molar-refractivity contribution in [1.29, 1.82) is 0 Å². The molecule has 1 N–H and O–H groups in total. The lowest BCUT2D eigenvalue weighted by Crippen LogP contribution is -2.56. The summed E-state index contributed by atoms with van der Waals surface area (Å²) in [6.45, 7) is 1.93. The lowest BCUT2D eigenvalue weighted by Gasteiger charge is -2.41. The molecule has 1 aliphatic carbocycles. The number of ether oxygens (including phenoxy) is 1. The van der Waals surface area contributed by atoms with Gasteiger partial charge in [-0.25, -0.2) is 0 Å². The van der Waals surface area contributed by atoms with E-state index in [4.69, 9.17) is 4.74 Å². The molecule has 1 amide bonds. The second-order valence-electron chi connectivity index (χ2n) is 4.89. The van der Waals surface area contributed by atoms with Crippen molar-refractivity contribution in [2.24, 2.45) is 0 Å². The Labute approximate surface area is 113 Å². The maximum absolute atomic E-state index is 12.1. The number of carbonyl (C=O) groups is 2. The van der Waals surface area contributed by atoms with E-state index in [9.17, 15) is 9.59 Å². The van der Waals surface area contributed by atoms with Gasteiger partial charge < -0.3 is 10.1 Å². The molecule has 1 aliphatic rings. The van der Waals surface area contributed by atoms with E-state index in [0.717, 1.165) is 12.8 Å². The van der Waals surface area contributed by atoms with E-state index in [2.05, 4.69) is 5.32 Å². The summed E-state index contributed by atoms with van der Waals surface area (Å²) in [4.78, 5) is 23.7. The molecule has 0 heterocycles. The molecule has 0 atom stereocenters. The standard InChI is InChI=1S/C15H19NO3/c1-2-7-13(17)19-15(10-6-11-15)16-14(18)12-8-4-3-5-9-12/h3-5,8-9H,2,6-7,10-11H2,1H3,(H,16,18). The lowest BCUT2D eigenvalue weighted by atomic mass is 9.87. The van der Waals surface area contributed by atoms with Gasteiger partial charge in [-0.05, 0) is 25.0 Å². The second kappa shape index (κ2) is 5.87. The van der Waals surface area contributed by atoms with E-state index >= 15 is 0 Å². The van der Waals surface area contributed by atoms with Gasteiger partial charge in [0.2, 0.25) is 0 Å². The molecule has 4 nitrogen and oxygen atoms in total. The fraction of sp³-hybridized carbons (Fsp3) is 0.467. The summed E-state index contributed by atoms with van der Waals surface area (Å²) in [5, 5.41) is 2.85. The van der Waals surface area contributed by atoms with Gasteiger partial charge in [0.05, 0.1) is 0 Å². The minimum Gasteiger partial charge on any atom is -0.439 e. The van der Waals surface area contributed by atoms with Crippen LogP contribution in [-0.4, -0.2) is 17.6 Å². The Kier molecular flexibility index (Phi) is 4.20. The first-order valence-electron chi connectivity index (χ1n) is 6.74. The average Bonchev–Trinajstić information content (AvgIpc) is 2.37. The van der Waals surface area contributed by atoms with Gasteiger partial charge in [0, 0.05) is 24.8 Å². The number of rotatable bonds is 5. The highest BCUT2D eigenvalue weighted by atomic mass is 16.6. The van der Waals surface area contributed by atoms with Crippen molar-refractivity contribution in [3.63, 3.8) is 0 Å². The predicted molar refractivity (Wildman–Crippen MR) is 71.5 cm³/mol. The number of nitrogens with one attached hydrogen (secondary N) is 1. The molecule has 1 fully saturated rings. The molecule has 102 valence electrons. The van der Waals surface area contributed by atoms with Crippen molar-refractivity contribution in [3.05, 3.63) is 35.9 Å². The smallest absolute Gasteiger partial charge is 0.307 e.